The van der Waals surface area contributed by atoms with Gasteiger partial charge in [-0.1, -0.05) is 0 Å². The van der Waals surface area contributed by atoms with Gasteiger partial charge in [0.25, 0.3) is 0 Å². The van der Waals surface area contributed by atoms with Gasteiger partial charge in [0, 0.05) is 9.75 Å². The number of hydrogen-bond donors (Lipinski definition) is 1. The summed E-state index contributed by atoms with van der Waals surface area (Å²) in [4.78, 5) is 3.08. The molecule has 0 atom stereocenters. The SMILES string of the molecule is NC1(c2cc3c(s2)CCCC3)CC1. The molecule has 1 fully saturated rings. The molecule has 0 amide bonds. The molecule has 2 aliphatic rings. The summed E-state index contributed by atoms with van der Waals surface area (Å²) in [6.45, 7) is 0. The molecular formula is C11H15NS. The molecule has 1 saturated carbocycles. The van der Waals surface area contributed by atoms with E-state index < -0.39 is 0 Å². The fourth-order valence-electron chi connectivity index (χ4n) is 2.12. The predicted molar refractivity (Wildman–Crippen MR) is 56.1 cm³/mol. The van der Waals surface area contributed by atoms with Crippen molar-refractivity contribution in [2.75, 3.05) is 0 Å². The molecule has 70 valence electrons. The summed E-state index contributed by atoms with van der Waals surface area (Å²) in [6.07, 6.45) is 7.75. The summed E-state index contributed by atoms with van der Waals surface area (Å²) in [5, 5.41) is 0. The van der Waals surface area contributed by atoms with Gasteiger partial charge in [-0.05, 0) is 50.2 Å². The van der Waals surface area contributed by atoms with Crippen molar-refractivity contribution < 1.29 is 0 Å². The first-order valence-corrected chi connectivity index (χ1v) is 6.00. The minimum Gasteiger partial charge on any atom is -0.321 e. The van der Waals surface area contributed by atoms with Crippen LogP contribution in [0.15, 0.2) is 6.07 Å². The van der Waals surface area contributed by atoms with Crippen molar-refractivity contribution in [3.63, 3.8) is 0 Å². The average Bonchev–Trinajstić information content (AvgIpc) is 2.76. The molecule has 1 aromatic rings. The van der Waals surface area contributed by atoms with Crippen molar-refractivity contribution in [3.8, 4) is 0 Å². The van der Waals surface area contributed by atoms with Crippen LogP contribution in [0, 0.1) is 0 Å². The molecule has 0 aliphatic heterocycles. The number of hydrogen-bond acceptors (Lipinski definition) is 2. The highest BCUT2D eigenvalue weighted by molar-refractivity contribution is 7.12. The van der Waals surface area contributed by atoms with Crippen molar-refractivity contribution in [2.24, 2.45) is 5.73 Å². The van der Waals surface area contributed by atoms with Crippen LogP contribution in [0.4, 0.5) is 0 Å². The van der Waals surface area contributed by atoms with Gasteiger partial charge >= 0.3 is 0 Å². The van der Waals surface area contributed by atoms with Crippen molar-refractivity contribution >= 4 is 11.3 Å². The van der Waals surface area contributed by atoms with E-state index in [4.69, 9.17) is 5.73 Å². The monoisotopic (exact) mass is 193 g/mol. The van der Waals surface area contributed by atoms with Crippen LogP contribution in [0.2, 0.25) is 0 Å². The van der Waals surface area contributed by atoms with E-state index in [-0.39, 0.29) is 5.54 Å². The fraction of sp³-hybridized carbons (Fsp3) is 0.636. The number of aryl methyl sites for hydroxylation is 2. The van der Waals surface area contributed by atoms with Gasteiger partial charge in [-0.2, -0.15) is 0 Å². The summed E-state index contributed by atoms with van der Waals surface area (Å²) in [7, 11) is 0. The number of nitrogens with two attached hydrogens (primary N) is 1. The van der Waals surface area contributed by atoms with Gasteiger partial charge in [-0.3, -0.25) is 0 Å². The summed E-state index contributed by atoms with van der Waals surface area (Å²) in [5.41, 5.74) is 7.89. The lowest BCUT2D eigenvalue weighted by Gasteiger charge is -2.08. The van der Waals surface area contributed by atoms with Crippen LogP contribution in [0.3, 0.4) is 0 Å². The van der Waals surface area contributed by atoms with Gasteiger partial charge in [0.1, 0.15) is 0 Å². The highest BCUT2D eigenvalue weighted by Gasteiger charge is 2.41. The van der Waals surface area contributed by atoms with Gasteiger partial charge in [0.2, 0.25) is 0 Å². The van der Waals surface area contributed by atoms with E-state index in [0.717, 1.165) is 0 Å². The average molecular weight is 193 g/mol. The van der Waals surface area contributed by atoms with Gasteiger partial charge in [0.15, 0.2) is 0 Å². The van der Waals surface area contributed by atoms with Crippen LogP contribution in [-0.4, -0.2) is 0 Å². The molecule has 13 heavy (non-hydrogen) atoms. The lowest BCUT2D eigenvalue weighted by atomic mass is 9.99. The Hall–Kier alpha value is -0.340. The Balaban J connectivity index is 2.00. The third-order valence-corrected chi connectivity index (χ3v) is 4.73. The number of fused-ring (bicyclic) bond motifs is 1. The van der Waals surface area contributed by atoms with Crippen LogP contribution in [-0.2, 0) is 18.4 Å². The van der Waals surface area contributed by atoms with Crippen molar-refractivity contribution in [2.45, 2.75) is 44.1 Å². The molecule has 0 spiro atoms. The van der Waals surface area contributed by atoms with Gasteiger partial charge in [0.05, 0.1) is 5.54 Å². The molecule has 1 heterocycles. The van der Waals surface area contributed by atoms with E-state index >= 15 is 0 Å². The van der Waals surface area contributed by atoms with Gasteiger partial charge < -0.3 is 5.73 Å². The summed E-state index contributed by atoms with van der Waals surface area (Å²) >= 11 is 1.98. The van der Waals surface area contributed by atoms with E-state index in [1.807, 2.05) is 11.3 Å². The van der Waals surface area contributed by atoms with E-state index in [0.29, 0.717) is 0 Å². The Morgan fingerprint density at radius 1 is 1.23 bits per heavy atom. The summed E-state index contributed by atoms with van der Waals surface area (Å²) in [5.74, 6) is 0. The Morgan fingerprint density at radius 3 is 2.69 bits per heavy atom. The second-order valence-corrected chi connectivity index (χ2v) is 5.56. The molecule has 1 nitrogen and oxygen atoms in total. The zero-order valence-electron chi connectivity index (χ0n) is 7.81. The zero-order valence-corrected chi connectivity index (χ0v) is 8.62. The molecule has 2 aliphatic carbocycles. The lowest BCUT2D eigenvalue weighted by Crippen LogP contribution is -2.16. The van der Waals surface area contributed by atoms with Crippen LogP contribution >= 0.6 is 11.3 Å². The van der Waals surface area contributed by atoms with Crippen LogP contribution in [0.1, 0.15) is 41.0 Å². The van der Waals surface area contributed by atoms with Crippen molar-refractivity contribution in [1.82, 2.24) is 0 Å². The maximum absolute atomic E-state index is 6.19. The predicted octanol–water partition coefficient (Wildman–Crippen LogP) is 2.57. The van der Waals surface area contributed by atoms with Gasteiger partial charge in [-0.25, -0.2) is 0 Å². The first kappa shape index (κ1) is 8.01. The van der Waals surface area contributed by atoms with E-state index in [1.54, 1.807) is 10.4 Å². The third kappa shape index (κ3) is 1.24. The summed E-state index contributed by atoms with van der Waals surface area (Å²) in [6, 6.07) is 2.38. The zero-order chi connectivity index (χ0) is 8.89. The number of rotatable bonds is 1. The minimum atomic E-state index is 0.0992. The third-order valence-electron chi connectivity index (χ3n) is 3.28. The summed E-state index contributed by atoms with van der Waals surface area (Å²) < 4.78 is 0. The Bertz CT molecular complexity index is 312. The molecule has 0 unspecified atom stereocenters. The normalized spacial score (nSPS) is 24.1. The van der Waals surface area contributed by atoms with Crippen LogP contribution in [0.25, 0.3) is 0 Å². The molecule has 2 N–H and O–H groups in total. The second-order valence-electron chi connectivity index (χ2n) is 4.42. The van der Waals surface area contributed by atoms with Crippen LogP contribution < -0.4 is 5.73 Å². The van der Waals surface area contributed by atoms with E-state index in [2.05, 4.69) is 6.07 Å². The van der Waals surface area contributed by atoms with Crippen molar-refractivity contribution in [1.29, 1.82) is 0 Å². The van der Waals surface area contributed by atoms with E-state index in [9.17, 15) is 0 Å². The molecule has 0 aromatic carbocycles. The molecule has 2 heteroatoms. The quantitative estimate of drug-likeness (QED) is 0.729. The highest BCUT2D eigenvalue weighted by atomic mass is 32.1. The highest BCUT2D eigenvalue weighted by Crippen LogP contribution is 2.47. The van der Waals surface area contributed by atoms with Crippen LogP contribution in [0.5, 0.6) is 0 Å². The smallest absolute Gasteiger partial charge is 0.0505 e. The maximum Gasteiger partial charge on any atom is 0.0505 e. The topological polar surface area (TPSA) is 26.0 Å². The standard InChI is InChI=1S/C11H15NS/c12-11(5-6-11)10-7-8-3-1-2-4-9(8)13-10/h7H,1-6,12H2. The Labute approximate surface area is 83.0 Å². The molecule has 3 rings (SSSR count). The molecule has 0 bridgehead atoms. The van der Waals surface area contributed by atoms with Gasteiger partial charge in [-0.15, -0.1) is 11.3 Å². The second kappa shape index (κ2) is 2.58. The van der Waals surface area contributed by atoms with Crippen molar-refractivity contribution in [3.05, 3.63) is 21.4 Å². The van der Waals surface area contributed by atoms with E-state index in [1.165, 1.54) is 43.4 Å². The first-order valence-electron chi connectivity index (χ1n) is 5.19. The molecule has 0 saturated heterocycles. The maximum atomic E-state index is 6.19. The molecule has 0 radical (unpaired) electrons. The number of thiophene rings is 1. The first-order chi connectivity index (χ1) is 6.28. The fourth-order valence-corrected chi connectivity index (χ4v) is 3.53. The lowest BCUT2D eigenvalue weighted by molar-refractivity contribution is 0.695. The molecular weight excluding hydrogens is 178 g/mol. The largest absolute Gasteiger partial charge is 0.321 e. The Kier molecular flexibility index (Phi) is 1.59. The Morgan fingerprint density at radius 2 is 2.00 bits per heavy atom. The molecule has 1 aromatic heterocycles. The minimum absolute atomic E-state index is 0.0992.